The summed E-state index contributed by atoms with van der Waals surface area (Å²) in [6, 6.07) is 8.80. The van der Waals surface area contributed by atoms with E-state index in [0.29, 0.717) is 30.6 Å². The van der Waals surface area contributed by atoms with E-state index in [4.69, 9.17) is 0 Å². The van der Waals surface area contributed by atoms with Crippen molar-refractivity contribution in [3.05, 3.63) is 30.3 Å². The summed E-state index contributed by atoms with van der Waals surface area (Å²) in [4.78, 5) is 4.83. The van der Waals surface area contributed by atoms with E-state index in [-0.39, 0.29) is 6.10 Å². The summed E-state index contributed by atoms with van der Waals surface area (Å²) in [5.74, 6) is 0. The summed E-state index contributed by atoms with van der Waals surface area (Å²) in [5, 5.41) is 9.50. The predicted octanol–water partition coefficient (Wildman–Crippen LogP) is 0.352. The highest BCUT2D eigenvalue weighted by atomic mass is 32.2. The van der Waals surface area contributed by atoms with Crippen LogP contribution in [-0.4, -0.2) is 74.7 Å². The maximum atomic E-state index is 12.1. The van der Waals surface area contributed by atoms with E-state index >= 15 is 0 Å². The highest BCUT2D eigenvalue weighted by Crippen LogP contribution is 2.10. The second kappa shape index (κ2) is 8.21. The number of hydrogen-bond acceptors (Lipinski definition) is 5. The molecule has 2 rings (SSSR count). The Morgan fingerprint density at radius 1 is 1.30 bits per heavy atom. The first-order valence-corrected chi connectivity index (χ1v) is 9.56. The zero-order valence-corrected chi connectivity index (χ0v) is 14.7. The molecule has 1 heterocycles. The van der Waals surface area contributed by atoms with Crippen molar-refractivity contribution in [3.8, 4) is 0 Å². The van der Waals surface area contributed by atoms with Crippen molar-refractivity contribution >= 4 is 10.0 Å². The third-order valence-corrected chi connectivity index (χ3v) is 5.60. The lowest BCUT2D eigenvalue weighted by molar-refractivity contribution is 0.0460. The fourth-order valence-corrected chi connectivity index (χ4v) is 3.95. The number of aliphatic hydroxyl groups is 1. The molecule has 6 nitrogen and oxygen atoms in total. The highest BCUT2D eigenvalue weighted by Gasteiger charge is 2.24. The Bertz CT molecular complexity index is 577. The summed E-state index contributed by atoms with van der Waals surface area (Å²) in [6.45, 7) is 8.41. The number of aliphatic hydroxyl groups excluding tert-OH is 1. The fourth-order valence-electron chi connectivity index (χ4n) is 2.91. The van der Waals surface area contributed by atoms with Crippen LogP contribution >= 0.6 is 0 Å². The van der Waals surface area contributed by atoms with Gasteiger partial charge in [-0.25, -0.2) is 13.1 Å². The molecule has 1 aromatic carbocycles. The summed E-state index contributed by atoms with van der Waals surface area (Å²) < 4.78 is 26.9. The Kier molecular flexibility index (Phi) is 6.55. The molecule has 0 unspecified atom stereocenters. The molecule has 1 aromatic rings. The first-order valence-electron chi connectivity index (χ1n) is 8.07. The van der Waals surface area contributed by atoms with Gasteiger partial charge in [-0.1, -0.05) is 18.2 Å². The number of β-amino-alcohol motifs (C(OH)–C–C–N with tert-alkyl or cyclic N) is 1. The number of piperazine rings is 1. The SMILES string of the molecule is C[C@@H]1CN(CCNS(=O)(=O)c2ccccc2)CCN1C[C@@H](C)O. The van der Waals surface area contributed by atoms with Crippen LogP contribution in [0.2, 0.25) is 0 Å². The van der Waals surface area contributed by atoms with Gasteiger partial charge in [-0.05, 0) is 26.0 Å². The van der Waals surface area contributed by atoms with Gasteiger partial charge in [0.05, 0.1) is 11.0 Å². The molecule has 2 atom stereocenters. The molecule has 0 saturated carbocycles. The topological polar surface area (TPSA) is 72.9 Å². The molecule has 2 N–H and O–H groups in total. The van der Waals surface area contributed by atoms with Gasteiger partial charge in [-0.15, -0.1) is 0 Å². The van der Waals surface area contributed by atoms with Crippen LogP contribution in [-0.2, 0) is 10.0 Å². The molecular formula is C16H27N3O3S. The number of nitrogens with zero attached hydrogens (tertiary/aromatic N) is 2. The van der Waals surface area contributed by atoms with Gasteiger partial charge in [0.25, 0.3) is 0 Å². The largest absolute Gasteiger partial charge is 0.392 e. The van der Waals surface area contributed by atoms with Crippen molar-refractivity contribution in [1.82, 2.24) is 14.5 Å². The van der Waals surface area contributed by atoms with Crippen molar-refractivity contribution in [1.29, 1.82) is 0 Å². The lowest BCUT2D eigenvalue weighted by Gasteiger charge is -2.40. The molecule has 7 heteroatoms. The minimum atomic E-state index is -3.42. The molecular weight excluding hydrogens is 314 g/mol. The molecule has 130 valence electrons. The van der Waals surface area contributed by atoms with E-state index in [1.807, 2.05) is 0 Å². The molecule has 0 aliphatic carbocycles. The first kappa shape index (κ1) is 18.4. The lowest BCUT2D eigenvalue weighted by Crippen LogP contribution is -2.54. The molecule has 0 spiro atoms. The molecule has 0 radical (unpaired) electrons. The van der Waals surface area contributed by atoms with E-state index in [2.05, 4.69) is 21.4 Å². The Morgan fingerprint density at radius 2 is 2.00 bits per heavy atom. The van der Waals surface area contributed by atoms with Gasteiger partial charge in [-0.3, -0.25) is 9.80 Å². The average molecular weight is 341 g/mol. The van der Waals surface area contributed by atoms with Crippen molar-refractivity contribution < 1.29 is 13.5 Å². The van der Waals surface area contributed by atoms with Crippen LogP contribution < -0.4 is 4.72 Å². The van der Waals surface area contributed by atoms with Crippen molar-refractivity contribution in [2.75, 3.05) is 39.3 Å². The summed E-state index contributed by atoms with van der Waals surface area (Å²) in [7, 11) is -3.42. The zero-order chi connectivity index (χ0) is 16.9. The van der Waals surface area contributed by atoms with E-state index in [1.54, 1.807) is 37.3 Å². The molecule has 1 saturated heterocycles. The minimum absolute atomic E-state index is 0.301. The Morgan fingerprint density at radius 3 is 2.61 bits per heavy atom. The molecule has 0 amide bonds. The maximum Gasteiger partial charge on any atom is 0.240 e. The molecule has 1 fully saturated rings. The van der Waals surface area contributed by atoms with Crippen LogP contribution in [0.25, 0.3) is 0 Å². The van der Waals surface area contributed by atoms with Crippen LogP contribution in [0.4, 0.5) is 0 Å². The van der Waals surface area contributed by atoms with Crippen molar-refractivity contribution in [2.24, 2.45) is 0 Å². The maximum absolute atomic E-state index is 12.1. The molecule has 1 aliphatic heterocycles. The van der Waals surface area contributed by atoms with Gasteiger partial charge in [0.1, 0.15) is 0 Å². The smallest absolute Gasteiger partial charge is 0.240 e. The summed E-state index contributed by atoms with van der Waals surface area (Å²) in [6.07, 6.45) is -0.318. The van der Waals surface area contributed by atoms with Crippen LogP contribution in [0.1, 0.15) is 13.8 Å². The minimum Gasteiger partial charge on any atom is -0.392 e. The Labute approximate surface area is 139 Å². The number of sulfonamides is 1. The number of rotatable bonds is 7. The van der Waals surface area contributed by atoms with E-state index in [9.17, 15) is 13.5 Å². The molecule has 0 aromatic heterocycles. The van der Waals surface area contributed by atoms with Crippen LogP contribution in [0, 0.1) is 0 Å². The predicted molar refractivity (Wildman–Crippen MR) is 90.8 cm³/mol. The van der Waals surface area contributed by atoms with Gasteiger partial charge in [0.2, 0.25) is 10.0 Å². The van der Waals surface area contributed by atoms with Crippen LogP contribution in [0.3, 0.4) is 0 Å². The second-order valence-electron chi connectivity index (χ2n) is 6.20. The fraction of sp³-hybridized carbons (Fsp3) is 0.625. The summed E-state index contributed by atoms with van der Waals surface area (Å²) in [5.41, 5.74) is 0. The van der Waals surface area contributed by atoms with Crippen molar-refractivity contribution in [2.45, 2.75) is 30.9 Å². The van der Waals surface area contributed by atoms with E-state index in [1.165, 1.54) is 0 Å². The lowest BCUT2D eigenvalue weighted by atomic mass is 10.1. The molecule has 23 heavy (non-hydrogen) atoms. The Balaban J connectivity index is 1.77. The second-order valence-corrected chi connectivity index (χ2v) is 7.97. The average Bonchev–Trinajstić information content (AvgIpc) is 2.50. The molecule has 0 bridgehead atoms. The third-order valence-electron chi connectivity index (χ3n) is 4.12. The number of benzene rings is 1. The standard InChI is InChI=1S/C16H27N3O3S/c1-14-12-18(10-11-19(14)13-15(2)20)9-8-17-23(21,22)16-6-4-3-5-7-16/h3-7,14-15,17,20H,8-13H2,1-2H3/t14-,15-/m1/s1. The third kappa shape index (κ3) is 5.54. The van der Waals surface area contributed by atoms with Crippen LogP contribution in [0.15, 0.2) is 35.2 Å². The van der Waals surface area contributed by atoms with Gasteiger partial charge >= 0.3 is 0 Å². The molecule has 1 aliphatic rings. The Hall–Kier alpha value is -0.990. The van der Waals surface area contributed by atoms with Crippen LogP contribution in [0.5, 0.6) is 0 Å². The van der Waals surface area contributed by atoms with Gasteiger partial charge < -0.3 is 5.11 Å². The quantitative estimate of drug-likeness (QED) is 0.749. The summed E-state index contributed by atoms with van der Waals surface area (Å²) >= 11 is 0. The highest BCUT2D eigenvalue weighted by molar-refractivity contribution is 7.89. The van der Waals surface area contributed by atoms with Gasteiger partial charge in [-0.2, -0.15) is 0 Å². The number of nitrogens with one attached hydrogen (secondary N) is 1. The normalized spacial score (nSPS) is 22.1. The monoisotopic (exact) mass is 341 g/mol. The number of hydrogen-bond donors (Lipinski definition) is 2. The van der Waals surface area contributed by atoms with E-state index < -0.39 is 10.0 Å². The van der Waals surface area contributed by atoms with Gasteiger partial charge in [0.15, 0.2) is 0 Å². The van der Waals surface area contributed by atoms with E-state index in [0.717, 1.165) is 19.6 Å². The first-order chi connectivity index (χ1) is 10.9. The van der Waals surface area contributed by atoms with Crippen molar-refractivity contribution in [3.63, 3.8) is 0 Å². The van der Waals surface area contributed by atoms with Gasteiger partial charge in [0, 0.05) is 45.3 Å². The zero-order valence-electron chi connectivity index (χ0n) is 13.9.